The first-order valence-corrected chi connectivity index (χ1v) is 10.2. The fourth-order valence-corrected chi connectivity index (χ4v) is 6.20. The van der Waals surface area contributed by atoms with E-state index in [9.17, 15) is 14.4 Å². The molecule has 1 saturated heterocycles. The Labute approximate surface area is 174 Å². The Morgan fingerprint density at radius 1 is 0.767 bits per heavy atom. The van der Waals surface area contributed by atoms with Crippen LogP contribution in [0, 0.1) is 11.8 Å². The second-order valence-corrected chi connectivity index (χ2v) is 8.37. The van der Waals surface area contributed by atoms with Gasteiger partial charge in [0, 0.05) is 5.92 Å². The van der Waals surface area contributed by atoms with Crippen molar-refractivity contribution < 1.29 is 14.4 Å². The van der Waals surface area contributed by atoms with Crippen molar-refractivity contribution >= 4 is 23.3 Å². The van der Waals surface area contributed by atoms with Gasteiger partial charge < -0.3 is 0 Å². The Kier molecular flexibility index (Phi) is 3.33. The smallest absolute Gasteiger partial charge is 0.239 e. The van der Waals surface area contributed by atoms with Crippen molar-refractivity contribution in [1.82, 2.24) is 0 Å². The standard InChI is InChI=1S/C26H19NO3/c1-15(28)26-19-13-7-5-11-17(19)21(18-12-6-8-14-20(18)26)22-23(26)25(30)27(24(22)29)16-9-3-2-4-10-16/h2-14,21-23H,1H3/t21?,22-,23-,26?/m0/s1. The normalized spacial score (nSPS) is 28.2. The number of rotatable bonds is 2. The number of nitrogens with zero attached hydrogens (tertiary/aromatic N) is 1. The SMILES string of the molecule is CC(=O)C12c3ccccc3C(c3ccccc31)[C@@H]1C(=O)N(c3ccccc3)C(=O)[C@H]12. The number of carbonyl (C=O) groups is 3. The van der Waals surface area contributed by atoms with Crippen LogP contribution in [0.4, 0.5) is 5.69 Å². The zero-order chi connectivity index (χ0) is 20.6. The van der Waals surface area contributed by atoms with Crippen LogP contribution in [0.5, 0.6) is 0 Å². The summed E-state index contributed by atoms with van der Waals surface area (Å²) in [7, 11) is 0. The first-order valence-electron chi connectivity index (χ1n) is 10.2. The molecule has 3 aliphatic carbocycles. The summed E-state index contributed by atoms with van der Waals surface area (Å²) >= 11 is 0. The Balaban J connectivity index is 1.70. The molecule has 2 atom stereocenters. The van der Waals surface area contributed by atoms with Crippen LogP contribution < -0.4 is 4.90 Å². The summed E-state index contributed by atoms with van der Waals surface area (Å²) in [4.78, 5) is 42.3. The average Bonchev–Trinajstić information content (AvgIpc) is 3.05. The van der Waals surface area contributed by atoms with Gasteiger partial charge in [0.1, 0.15) is 5.78 Å². The van der Waals surface area contributed by atoms with E-state index in [0.717, 1.165) is 22.3 Å². The molecule has 1 aliphatic heterocycles. The second-order valence-electron chi connectivity index (χ2n) is 8.37. The molecule has 1 fully saturated rings. The van der Waals surface area contributed by atoms with E-state index in [-0.39, 0.29) is 23.5 Å². The number of amides is 2. The van der Waals surface area contributed by atoms with E-state index in [1.807, 2.05) is 66.7 Å². The molecule has 30 heavy (non-hydrogen) atoms. The highest BCUT2D eigenvalue weighted by Crippen LogP contribution is 2.64. The third-order valence-electron chi connectivity index (χ3n) is 7.19. The summed E-state index contributed by atoms with van der Waals surface area (Å²) < 4.78 is 0. The summed E-state index contributed by atoms with van der Waals surface area (Å²) in [6.07, 6.45) is 0. The Morgan fingerprint density at radius 3 is 1.87 bits per heavy atom. The number of para-hydroxylation sites is 1. The first kappa shape index (κ1) is 17.3. The summed E-state index contributed by atoms with van der Waals surface area (Å²) in [5, 5.41) is 0. The molecule has 0 spiro atoms. The van der Waals surface area contributed by atoms with Gasteiger partial charge in [-0.3, -0.25) is 14.4 Å². The van der Waals surface area contributed by atoms with Crippen molar-refractivity contribution in [3.8, 4) is 0 Å². The lowest BCUT2D eigenvalue weighted by molar-refractivity contribution is -0.132. The van der Waals surface area contributed by atoms with E-state index >= 15 is 0 Å². The molecule has 2 amide bonds. The lowest BCUT2D eigenvalue weighted by Gasteiger charge is -2.52. The molecular formula is C26H19NO3. The van der Waals surface area contributed by atoms with Gasteiger partial charge in [-0.25, -0.2) is 4.90 Å². The third-order valence-corrected chi connectivity index (χ3v) is 7.19. The third kappa shape index (κ3) is 1.80. The zero-order valence-corrected chi connectivity index (χ0v) is 16.4. The van der Waals surface area contributed by atoms with Crippen molar-refractivity contribution in [1.29, 1.82) is 0 Å². The Hall–Kier alpha value is -3.53. The molecule has 0 unspecified atom stereocenters. The fourth-order valence-electron chi connectivity index (χ4n) is 6.20. The molecule has 3 aromatic carbocycles. The topological polar surface area (TPSA) is 54.5 Å². The van der Waals surface area contributed by atoms with Gasteiger partial charge in [-0.05, 0) is 41.3 Å². The minimum atomic E-state index is -1.14. The van der Waals surface area contributed by atoms with Crippen molar-refractivity contribution in [2.75, 3.05) is 4.90 Å². The minimum absolute atomic E-state index is 0.0911. The predicted molar refractivity (Wildman–Crippen MR) is 112 cm³/mol. The van der Waals surface area contributed by atoms with Gasteiger partial charge in [-0.15, -0.1) is 0 Å². The van der Waals surface area contributed by atoms with Crippen molar-refractivity contribution in [2.24, 2.45) is 11.8 Å². The van der Waals surface area contributed by atoms with Gasteiger partial charge in [0.2, 0.25) is 11.8 Å². The number of benzene rings is 3. The van der Waals surface area contributed by atoms with Crippen LogP contribution in [-0.4, -0.2) is 17.6 Å². The lowest BCUT2D eigenvalue weighted by Crippen LogP contribution is -2.57. The molecule has 0 saturated carbocycles. The first-order chi connectivity index (χ1) is 14.6. The van der Waals surface area contributed by atoms with Gasteiger partial charge in [0.05, 0.1) is 22.9 Å². The molecule has 146 valence electrons. The summed E-state index contributed by atoms with van der Waals surface area (Å²) in [6, 6.07) is 24.7. The number of anilines is 1. The molecule has 0 aromatic heterocycles. The number of hydrogen-bond acceptors (Lipinski definition) is 3. The fraction of sp³-hybridized carbons (Fsp3) is 0.192. The van der Waals surface area contributed by atoms with Crippen LogP contribution in [-0.2, 0) is 19.8 Å². The number of imide groups is 1. The highest BCUT2D eigenvalue weighted by Gasteiger charge is 2.69. The largest absolute Gasteiger partial charge is 0.299 e. The van der Waals surface area contributed by atoms with Crippen LogP contribution in [0.2, 0.25) is 0 Å². The van der Waals surface area contributed by atoms with Crippen molar-refractivity contribution in [3.63, 3.8) is 0 Å². The predicted octanol–water partition coefficient (Wildman–Crippen LogP) is 3.83. The second kappa shape index (κ2) is 5.76. The van der Waals surface area contributed by atoms with Gasteiger partial charge >= 0.3 is 0 Å². The van der Waals surface area contributed by atoms with Crippen LogP contribution in [0.3, 0.4) is 0 Å². The minimum Gasteiger partial charge on any atom is -0.299 e. The van der Waals surface area contributed by atoms with Gasteiger partial charge in [-0.2, -0.15) is 0 Å². The number of carbonyl (C=O) groups excluding carboxylic acids is 3. The molecule has 1 heterocycles. The van der Waals surface area contributed by atoms with Crippen molar-refractivity contribution in [3.05, 3.63) is 101 Å². The number of hydrogen-bond donors (Lipinski definition) is 0. The van der Waals surface area contributed by atoms with Crippen LogP contribution in [0.1, 0.15) is 35.1 Å². The molecule has 3 aromatic rings. The molecule has 0 radical (unpaired) electrons. The molecule has 2 bridgehead atoms. The van der Waals surface area contributed by atoms with E-state index in [4.69, 9.17) is 0 Å². The summed E-state index contributed by atoms with van der Waals surface area (Å²) in [5.41, 5.74) is 3.15. The molecule has 7 rings (SSSR count). The zero-order valence-electron chi connectivity index (χ0n) is 16.4. The maximum Gasteiger partial charge on any atom is 0.239 e. The Bertz CT molecular complexity index is 1200. The number of ketones is 1. The Morgan fingerprint density at radius 2 is 1.30 bits per heavy atom. The molecule has 4 heteroatoms. The molecule has 4 aliphatic rings. The van der Waals surface area contributed by atoms with Gasteiger partial charge in [0.25, 0.3) is 0 Å². The molecule has 0 N–H and O–H groups in total. The van der Waals surface area contributed by atoms with E-state index in [0.29, 0.717) is 5.69 Å². The van der Waals surface area contributed by atoms with E-state index < -0.39 is 17.3 Å². The number of Topliss-reactive ketones (excluding diaryl/α,β-unsaturated/α-hetero) is 1. The average molecular weight is 393 g/mol. The maximum atomic E-state index is 13.8. The molecule has 4 nitrogen and oxygen atoms in total. The van der Waals surface area contributed by atoms with E-state index in [1.54, 1.807) is 19.1 Å². The highest BCUT2D eigenvalue weighted by molar-refractivity contribution is 6.25. The highest BCUT2D eigenvalue weighted by atomic mass is 16.2. The summed E-state index contributed by atoms with van der Waals surface area (Å²) in [5.74, 6) is -2.11. The van der Waals surface area contributed by atoms with E-state index in [1.165, 1.54) is 4.90 Å². The van der Waals surface area contributed by atoms with Crippen LogP contribution >= 0.6 is 0 Å². The quantitative estimate of drug-likeness (QED) is 0.622. The maximum absolute atomic E-state index is 13.8. The van der Waals surface area contributed by atoms with Crippen LogP contribution in [0.25, 0.3) is 0 Å². The lowest BCUT2D eigenvalue weighted by atomic mass is 9.46. The van der Waals surface area contributed by atoms with Gasteiger partial charge in [-0.1, -0.05) is 66.7 Å². The van der Waals surface area contributed by atoms with E-state index in [2.05, 4.69) is 0 Å². The molecular weight excluding hydrogens is 374 g/mol. The van der Waals surface area contributed by atoms with Crippen molar-refractivity contribution in [2.45, 2.75) is 18.3 Å². The van der Waals surface area contributed by atoms with Gasteiger partial charge in [0.15, 0.2) is 0 Å². The monoisotopic (exact) mass is 393 g/mol. The van der Waals surface area contributed by atoms with Crippen LogP contribution in [0.15, 0.2) is 78.9 Å². The summed E-state index contributed by atoms with van der Waals surface area (Å²) in [6.45, 7) is 1.55.